The number of carbonyl (C=O) groups is 1. The van der Waals surface area contributed by atoms with E-state index in [4.69, 9.17) is 23.8 Å². The molecule has 0 bridgehead atoms. The Labute approximate surface area is 152 Å². The predicted octanol–water partition coefficient (Wildman–Crippen LogP) is 4.82. The summed E-state index contributed by atoms with van der Waals surface area (Å²) < 4.78 is 1.97. The molecule has 1 unspecified atom stereocenters. The molecule has 0 saturated carbocycles. The van der Waals surface area contributed by atoms with Crippen LogP contribution in [0.25, 0.3) is 0 Å². The monoisotopic (exact) mass is 361 g/mol. The lowest BCUT2D eigenvalue weighted by Crippen LogP contribution is -2.09. The first-order valence-corrected chi connectivity index (χ1v) is 9.07. The van der Waals surface area contributed by atoms with Gasteiger partial charge in [-0.1, -0.05) is 61.4 Å². The van der Waals surface area contributed by atoms with Crippen LogP contribution in [0.1, 0.15) is 54.6 Å². The van der Waals surface area contributed by atoms with E-state index in [0.717, 1.165) is 23.4 Å². The number of aliphatic carboxylic acids is 1. The standard InChI is InChI=1S/C19H20ClNO2S/c1-2-3-4-12-5-7-13(8-6-12)18(24)17-15(20)11-16-14(19(22)23)9-10-21(16)17/h5-8,11,14H,2-4,9-10H2,1H3,(H,22,23). The fourth-order valence-corrected chi connectivity index (χ4v) is 4.01. The van der Waals surface area contributed by atoms with Crippen LogP contribution in [-0.2, 0) is 17.8 Å². The summed E-state index contributed by atoms with van der Waals surface area (Å²) in [6.07, 6.45) is 4.02. The fraction of sp³-hybridized carbons (Fsp3) is 0.368. The molecule has 24 heavy (non-hydrogen) atoms. The van der Waals surface area contributed by atoms with Crippen molar-refractivity contribution in [2.75, 3.05) is 0 Å². The molecule has 1 N–H and O–H groups in total. The maximum absolute atomic E-state index is 11.4. The summed E-state index contributed by atoms with van der Waals surface area (Å²) in [7, 11) is 0. The molecule has 0 aliphatic carbocycles. The largest absolute Gasteiger partial charge is 0.481 e. The van der Waals surface area contributed by atoms with Gasteiger partial charge in [0.1, 0.15) is 0 Å². The summed E-state index contributed by atoms with van der Waals surface area (Å²) in [6.45, 7) is 2.83. The third kappa shape index (κ3) is 3.13. The molecule has 0 saturated heterocycles. The lowest BCUT2D eigenvalue weighted by Gasteiger charge is -2.10. The van der Waals surface area contributed by atoms with E-state index >= 15 is 0 Å². The Kier molecular flexibility index (Phi) is 5.07. The zero-order valence-corrected chi connectivity index (χ0v) is 15.2. The zero-order valence-electron chi connectivity index (χ0n) is 13.6. The Hall–Kier alpha value is -1.65. The van der Waals surface area contributed by atoms with Crippen LogP contribution in [0.5, 0.6) is 0 Å². The number of unbranched alkanes of at least 4 members (excludes halogenated alkanes) is 1. The molecule has 2 aromatic rings. The van der Waals surface area contributed by atoms with Crippen LogP contribution in [0.2, 0.25) is 5.02 Å². The van der Waals surface area contributed by atoms with Crippen LogP contribution in [0.3, 0.4) is 0 Å². The van der Waals surface area contributed by atoms with Crippen LogP contribution in [0, 0.1) is 0 Å². The Balaban J connectivity index is 1.89. The van der Waals surface area contributed by atoms with E-state index in [2.05, 4.69) is 19.1 Å². The molecule has 126 valence electrons. The van der Waals surface area contributed by atoms with E-state index < -0.39 is 11.9 Å². The first-order chi connectivity index (χ1) is 11.5. The number of carboxylic acids is 1. The fourth-order valence-electron chi connectivity index (χ4n) is 3.29. The summed E-state index contributed by atoms with van der Waals surface area (Å²) in [4.78, 5) is 12.0. The van der Waals surface area contributed by atoms with Gasteiger partial charge >= 0.3 is 5.97 Å². The number of fused-ring (bicyclic) bond motifs is 1. The van der Waals surface area contributed by atoms with Crippen molar-refractivity contribution in [1.82, 2.24) is 4.57 Å². The van der Waals surface area contributed by atoms with Gasteiger partial charge in [0, 0.05) is 12.2 Å². The first-order valence-electron chi connectivity index (χ1n) is 8.28. The normalized spacial score (nSPS) is 16.2. The van der Waals surface area contributed by atoms with Crippen LogP contribution in [0.4, 0.5) is 0 Å². The molecule has 0 amide bonds. The second kappa shape index (κ2) is 7.08. The lowest BCUT2D eigenvalue weighted by atomic mass is 10.0. The molecule has 0 radical (unpaired) electrons. The molecular formula is C19H20ClNO2S. The highest BCUT2D eigenvalue weighted by Gasteiger charge is 2.32. The van der Waals surface area contributed by atoms with E-state index in [9.17, 15) is 9.90 Å². The third-order valence-electron chi connectivity index (χ3n) is 4.63. The molecule has 1 aromatic carbocycles. The average Bonchev–Trinajstić information content (AvgIpc) is 3.10. The van der Waals surface area contributed by atoms with Crippen LogP contribution in [-0.4, -0.2) is 20.5 Å². The predicted molar refractivity (Wildman–Crippen MR) is 100 cm³/mol. The topological polar surface area (TPSA) is 42.2 Å². The zero-order chi connectivity index (χ0) is 17.3. The van der Waals surface area contributed by atoms with Crippen molar-refractivity contribution >= 4 is 34.7 Å². The minimum Gasteiger partial charge on any atom is -0.481 e. The molecule has 1 aliphatic heterocycles. The smallest absolute Gasteiger partial charge is 0.312 e. The second-order valence-electron chi connectivity index (χ2n) is 6.23. The van der Waals surface area contributed by atoms with E-state index in [1.54, 1.807) is 6.07 Å². The summed E-state index contributed by atoms with van der Waals surface area (Å²) in [5.74, 6) is -1.30. The molecule has 3 rings (SSSR count). The van der Waals surface area contributed by atoms with Crippen LogP contribution < -0.4 is 0 Å². The van der Waals surface area contributed by atoms with Gasteiger partial charge in [0.2, 0.25) is 0 Å². The molecule has 5 heteroatoms. The maximum atomic E-state index is 11.4. The molecule has 3 nitrogen and oxygen atoms in total. The Morgan fingerprint density at radius 1 is 1.38 bits per heavy atom. The number of thiocarbonyl (C=S) groups is 1. The quantitative estimate of drug-likeness (QED) is 0.592. The van der Waals surface area contributed by atoms with Gasteiger partial charge in [-0.3, -0.25) is 4.79 Å². The highest BCUT2D eigenvalue weighted by atomic mass is 35.5. The molecule has 1 aromatic heterocycles. The summed E-state index contributed by atoms with van der Waals surface area (Å²) in [5.41, 5.74) is 3.78. The van der Waals surface area contributed by atoms with Gasteiger partial charge in [-0.05, 0) is 36.5 Å². The van der Waals surface area contributed by atoms with Gasteiger partial charge in [-0.25, -0.2) is 0 Å². The van der Waals surface area contributed by atoms with Crippen molar-refractivity contribution in [1.29, 1.82) is 0 Å². The van der Waals surface area contributed by atoms with Gasteiger partial charge < -0.3 is 9.67 Å². The van der Waals surface area contributed by atoms with Crippen molar-refractivity contribution in [3.05, 3.63) is 57.9 Å². The first kappa shape index (κ1) is 17.2. The number of aromatic nitrogens is 1. The van der Waals surface area contributed by atoms with Crippen molar-refractivity contribution in [2.45, 2.75) is 45.1 Å². The number of nitrogens with zero attached hydrogens (tertiary/aromatic N) is 1. The van der Waals surface area contributed by atoms with E-state index in [1.807, 2.05) is 16.7 Å². The number of aryl methyl sites for hydroxylation is 1. The SMILES string of the molecule is CCCCc1ccc(C(=S)c2c(Cl)cc3n2CCC3C(=O)O)cc1. The molecule has 0 spiro atoms. The highest BCUT2D eigenvalue weighted by molar-refractivity contribution is 7.81. The maximum Gasteiger partial charge on any atom is 0.312 e. The van der Waals surface area contributed by atoms with Crippen molar-refractivity contribution < 1.29 is 9.90 Å². The van der Waals surface area contributed by atoms with Gasteiger partial charge in [0.05, 0.1) is 21.5 Å². The molecule has 1 aliphatic rings. The number of halogens is 1. The molecule has 2 heterocycles. The summed E-state index contributed by atoms with van der Waals surface area (Å²) in [5, 5.41) is 9.87. The van der Waals surface area contributed by atoms with E-state index in [-0.39, 0.29) is 0 Å². The minimum atomic E-state index is -0.805. The molecule has 1 atom stereocenters. The summed E-state index contributed by atoms with van der Waals surface area (Å²) in [6, 6.07) is 10.0. The molecular weight excluding hydrogens is 342 g/mol. The Bertz CT molecular complexity index is 779. The van der Waals surface area contributed by atoms with Crippen molar-refractivity contribution in [3.8, 4) is 0 Å². The van der Waals surface area contributed by atoms with E-state index in [0.29, 0.717) is 22.9 Å². The second-order valence-corrected chi connectivity index (χ2v) is 7.04. The van der Waals surface area contributed by atoms with Crippen molar-refractivity contribution in [3.63, 3.8) is 0 Å². The van der Waals surface area contributed by atoms with Gasteiger partial charge in [-0.2, -0.15) is 0 Å². The van der Waals surface area contributed by atoms with Gasteiger partial charge in [0.25, 0.3) is 0 Å². The minimum absolute atomic E-state index is 0.490. The lowest BCUT2D eigenvalue weighted by molar-refractivity contribution is -0.138. The van der Waals surface area contributed by atoms with Crippen LogP contribution in [0.15, 0.2) is 30.3 Å². The third-order valence-corrected chi connectivity index (χ3v) is 5.35. The van der Waals surface area contributed by atoms with Gasteiger partial charge in [0.15, 0.2) is 0 Å². The average molecular weight is 362 g/mol. The highest BCUT2D eigenvalue weighted by Crippen LogP contribution is 2.36. The number of hydrogen-bond donors (Lipinski definition) is 1. The van der Waals surface area contributed by atoms with E-state index in [1.165, 1.54) is 18.4 Å². The number of rotatable bonds is 6. The number of benzene rings is 1. The Morgan fingerprint density at radius 3 is 2.71 bits per heavy atom. The Morgan fingerprint density at radius 2 is 2.08 bits per heavy atom. The van der Waals surface area contributed by atoms with Gasteiger partial charge in [-0.15, -0.1) is 0 Å². The van der Waals surface area contributed by atoms with Crippen molar-refractivity contribution in [2.24, 2.45) is 0 Å². The number of carboxylic acid groups (broad SMARTS) is 1. The number of hydrogen-bond acceptors (Lipinski definition) is 2. The summed E-state index contributed by atoms with van der Waals surface area (Å²) >= 11 is 12.0. The molecule has 0 fully saturated rings. The van der Waals surface area contributed by atoms with Crippen LogP contribution >= 0.6 is 23.8 Å².